The van der Waals surface area contributed by atoms with Crippen molar-refractivity contribution in [3.8, 4) is 11.4 Å². The summed E-state index contributed by atoms with van der Waals surface area (Å²) in [5.74, 6) is 0.397. The van der Waals surface area contributed by atoms with Gasteiger partial charge < -0.3 is 19.6 Å². The van der Waals surface area contributed by atoms with E-state index in [4.69, 9.17) is 9.40 Å². The van der Waals surface area contributed by atoms with Crippen molar-refractivity contribution in [1.82, 2.24) is 9.55 Å². The molecule has 2 N–H and O–H groups in total. The Morgan fingerprint density at radius 2 is 1.61 bits per heavy atom. The molecule has 0 aliphatic heterocycles. The van der Waals surface area contributed by atoms with Crippen LogP contribution in [0, 0.1) is 0 Å². The number of carbonyl (C=O) groups is 2. The Labute approximate surface area is 189 Å². The van der Waals surface area contributed by atoms with Gasteiger partial charge in [0.05, 0.1) is 17.3 Å². The second-order valence-electron chi connectivity index (χ2n) is 7.53. The lowest BCUT2D eigenvalue weighted by molar-refractivity contribution is 0.0993. The highest BCUT2D eigenvalue weighted by molar-refractivity contribution is 6.06. The zero-order valence-electron chi connectivity index (χ0n) is 17.8. The number of carbonyl (C=O) groups excluding carboxylic acids is 2. The van der Waals surface area contributed by atoms with Crippen LogP contribution in [0.5, 0.6) is 0 Å². The van der Waals surface area contributed by atoms with Crippen LogP contribution in [0.3, 0.4) is 0 Å². The van der Waals surface area contributed by atoms with Crippen LogP contribution in [0.1, 0.15) is 20.9 Å². The number of furan rings is 1. The molecule has 0 unspecified atom stereocenters. The van der Waals surface area contributed by atoms with Gasteiger partial charge in [0.25, 0.3) is 11.8 Å². The van der Waals surface area contributed by atoms with Gasteiger partial charge in [-0.1, -0.05) is 18.2 Å². The lowest BCUT2D eigenvalue weighted by Gasteiger charge is -2.09. The minimum Gasteiger partial charge on any atom is -0.459 e. The van der Waals surface area contributed by atoms with Gasteiger partial charge in [0.1, 0.15) is 5.82 Å². The van der Waals surface area contributed by atoms with E-state index in [0.717, 1.165) is 22.4 Å². The Kier molecular flexibility index (Phi) is 5.20. The third kappa shape index (κ3) is 4.12. The van der Waals surface area contributed by atoms with E-state index in [1.165, 1.54) is 6.26 Å². The molecule has 5 aromatic rings. The normalized spacial score (nSPS) is 10.8. The highest BCUT2D eigenvalue weighted by atomic mass is 16.3. The predicted molar refractivity (Wildman–Crippen MR) is 127 cm³/mol. The van der Waals surface area contributed by atoms with Gasteiger partial charge in [-0.05, 0) is 66.7 Å². The number of nitrogens with one attached hydrogen (secondary N) is 2. The quantitative estimate of drug-likeness (QED) is 0.389. The minimum atomic E-state index is -0.380. The molecule has 0 saturated heterocycles. The molecular formula is C26H20N4O3. The average Bonchev–Trinajstić information content (AvgIpc) is 3.49. The molecule has 0 atom stereocenters. The van der Waals surface area contributed by atoms with E-state index in [9.17, 15) is 9.59 Å². The number of nitrogens with zero attached hydrogens (tertiary/aromatic N) is 2. The zero-order valence-corrected chi connectivity index (χ0v) is 17.8. The number of imidazole rings is 1. The van der Waals surface area contributed by atoms with Crippen LogP contribution in [0.15, 0.2) is 95.6 Å². The molecule has 2 amide bonds. The number of para-hydroxylation sites is 2. The van der Waals surface area contributed by atoms with Gasteiger partial charge in [0.2, 0.25) is 0 Å². The smallest absolute Gasteiger partial charge is 0.291 e. The number of rotatable bonds is 5. The van der Waals surface area contributed by atoms with Crippen LogP contribution < -0.4 is 10.6 Å². The molecule has 3 aromatic carbocycles. The first-order valence-electron chi connectivity index (χ1n) is 10.4. The number of benzene rings is 3. The van der Waals surface area contributed by atoms with Crippen LogP contribution in [0.2, 0.25) is 0 Å². The predicted octanol–water partition coefficient (Wildman–Crippen LogP) is 5.34. The molecule has 0 bridgehead atoms. The Morgan fingerprint density at radius 1 is 0.818 bits per heavy atom. The third-order valence-corrected chi connectivity index (χ3v) is 5.32. The molecule has 33 heavy (non-hydrogen) atoms. The Balaban J connectivity index is 1.30. The zero-order chi connectivity index (χ0) is 22.8. The fraction of sp³-hybridized carbons (Fsp3) is 0.0385. The van der Waals surface area contributed by atoms with E-state index in [0.29, 0.717) is 16.9 Å². The fourth-order valence-corrected chi connectivity index (χ4v) is 3.65. The second kappa shape index (κ2) is 8.47. The molecule has 0 radical (unpaired) electrons. The molecular weight excluding hydrogens is 416 g/mol. The number of anilines is 2. The lowest BCUT2D eigenvalue weighted by atomic mass is 10.1. The fourth-order valence-electron chi connectivity index (χ4n) is 3.65. The third-order valence-electron chi connectivity index (χ3n) is 5.32. The number of hydrogen-bond donors (Lipinski definition) is 2. The second-order valence-corrected chi connectivity index (χ2v) is 7.53. The van der Waals surface area contributed by atoms with Crippen molar-refractivity contribution in [2.75, 3.05) is 10.6 Å². The van der Waals surface area contributed by atoms with E-state index in [1.807, 2.05) is 60.1 Å². The molecule has 7 heteroatoms. The molecule has 0 aliphatic carbocycles. The van der Waals surface area contributed by atoms with Crippen LogP contribution >= 0.6 is 0 Å². The minimum absolute atomic E-state index is 0.200. The van der Waals surface area contributed by atoms with Crippen LogP contribution in [0.25, 0.3) is 22.4 Å². The topological polar surface area (TPSA) is 89.2 Å². The van der Waals surface area contributed by atoms with Gasteiger partial charge >= 0.3 is 0 Å². The SMILES string of the molecule is Cn1c(-c2ccc(NC(=O)c3cccc(NC(=O)c4ccco4)c3)cc2)nc2ccccc21. The van der Waals surface area contributed by atoms with E-state index >= 15 is 0 Å². The summed E-state index contributed by atoms with van der Waals surface area (Å²) in [5, 5.41) is 5.61. The van der Waals surface area contributed by atoms with Gasteiger partial charge in [-0.25, -0.2) is 4.98 Å². The molecule has 2 heterocycles. The van der Waals surface area contributed by atoms with E-state index in [2.05, 4.69) is 10.6 Å². The highest BCUT2D eigenvalue weighted by Crippen LogP contribution is 2.25. The molecule has 0 aliphatic rings. The summed E-state index contributed by atoms with van der Waals surface area (Å²) >= 11 is 0. The van der Waals surface area contributed by atoms with Crippen molar-refractivity contribution in [3.05, 3.63) is 103 Å². The van der Waals surface area contributed by atoms with Crippen molar-refractivity contribution < 1.29 is 14.0 Å². The molecule has 162 valence electrons. The molecule has 2 aromatic heterocycles. The number of fused-ring (bicyclic) bond motifs is 1. The first kappa shape index (κ1) is 20.3. The summed E-state index contributed by atoms with van der Waals surface area (Å²) in [5.41, 5.74) is 4.53. The Morgan fingerprint density at radius 3 is 2.36 bits per heavy atom. The highest BCUT2D eigenvalue weighted by Gasteiger charge is 2.12. The summed E-state index contributed by atoms with van der Waals surface area (Å²) in [6.45, 7) is 0. The van der Waals surface area contributed by atoms with Gasteiger partial charge in [0.15, 0.2) is 5.76 Å². The van der Waals surface area contributed by atoms with Gasteiger partial charge in [-0.15, -0.1) is 0 Å². The average molecular weight is 436 g/mol. The van der Waals surface area contributed by atoms with Gasteiger partial charge in [-0.2, -0.15) is 0 Å². The Bertz CT molecular complexity index is 1450. The van der Waals surface area contributed by atoms with Crippen molar-refractivity contribution in [3.63, 3.8) is 0 Å². The van der Waals surface area contributed by atoms with E-state index in [1.54, 1.807) is 36.4 Å². The molecule has 0 fully saturated rings. The first-order chi connectivity index (χ1) is 16.1. The summed E-state index contributed by atoms with van der Waals surface area (Å²) in [7, 11) is 1.98. The van der Waals surface area contributed by atoms with Crippen LogP contribution in [-0.2, 0) is 7.05 Å². The number of aromatic nitrogens is 2. The summed E-state index contributed by atoms with van der Waals surface area (Å²) in [6.07, 6.45) is 1.43. The standard InChI is InChI=1S/C26H20N4O3/c1-30-22-9-3-2-8-21(22)29-24(30)17-11-13-19(14-12-17)27-25(31)18-6-4-7-20(16-18)28-26(32)23-10-5-15-33-23/h2-16H,1H3,(H,27,31)(H,28,32). The van der Waals surface area contributed by atoms with Gasteiger partial charge in [0, 0.05) is 29.5 Å². The molecule has 0 saturated carbocycles. The maximum absolute atomic E-state index is 12.7. The molecule has 5 rings (SSSR count). The maximum Gasteiger partial charge on any atom is 0.291 e. The molecule has 7 nitrogen and oxygen atoms in total. The lowest BCUT2D eigenvalue weighted by Crippen LogP contribution is -2.14. The van der Waals surface area contributed by atoms with Gasteiger partial charge in [-0.3, -0.25) is 9.59 Å². The maximum atomic E-state index is 12.7. The van der Waals surface area contributed by atoms with Crippen LogP contribution in [0.4, 0.5) is 11.4 Å². The monoisotopic (exact) mass is 436 g/mol. The van der Waals surface area contributed by atoms with Crippen molar-refractivity contribution in [2.45, 2.75) is 0 Å². The molecule has 0 spiro atoms. The summed E-state index contributed by atoms with van der Waals surface area (Å²) < 4.78 is 7.14. The van der Waals surface area contributed by atoms with Crippen molar-refractivity contribution >= 4 is 34.2 Å². The largest absolute Gasteiger partial charge is 0.459 e. The number of hydrogen-bond acceptors (Lipinski definition) is 4. The van der Waals surface area contributed by atoms with E-state index in [-0.39, 0.29) is 17.6 Å². The Hall–Kier alpha value is -4.65. The van der Waals surface area contributed by atoms with Crippen molar-refractivity contribution in [1.29, 1.82) is 0 Å². The number of aryl methyl sites for hydroxylation is 1. The van der Waals surface area contributed by atoms with E-state index < -0.39 is 0 Å². The van der Waals surface area contributed by atoms with Crippen LogP contribution in [-0.4, -0.2) is 21.4 Å². The summed E-state index contributed by atoms with van der Waals surface area (Å²) in [4.78, 5) is 29.6. The van der Waals surface area contributed by atoms with Crippen molar-refractivity contribution in [2.24, 2.45) is 7.05 Å². The first-order valence-corrected chi connectivity index (χ1v) is 10.4. The summed E-state index contributed by atoms with van der Waals surface area (Å²) in [6, 6.07) is 25.4. The number of amides is 2.